The first kappa shape index (κ1) is 57.4. The van der Waals surface area contributed by atoms with E-state index in [4.69, 9.17) is 9.47 Å². The van der Waals surface area contributed by atoms with Gasteiger partial charge in [-0.3, -0.25) is 0 Å². The molecular formula is C98H62O2. The van der Waals surface area contributed by atoms with Gasteiger partial charge in [-0.2, -0.15) is 0 Å². The molecule has 0 saturated carbocycles. The van der Waals surface area contributed by atoms with Crippen LogP contribution in [0.15, 0.2) is 376 Å². The molecule has 466 valence electrons. The van der Waals surface area contributed by atoms with Gasteiger partial charge >= 0.3 is 0 Å². The van der Waals surface area contributed by atoms with Gasteiger partial charge in [0.15, 0.2) is 0 Å². The maximum atomic E-state index is 7.27. The lowest BCUT2D eigenvalue weighted by molar-refractivity contribution is 0.434. The van der Waals surface area contributed by atoms with Gasteiger partial charge in [-0.25, -0.2) is 0 Å². The number of rotatable bonds is 9. The summed E-state index contributed by atoms with van der Waals surface area (Å²) in [5.41, 5.74) is 19.0. The molecule has 2 heteroatoms. The topological polar surface area (TPSA) is 18.5 Å². The van der Waals surface area contributed by atoms with Crippen LogP contribution in [0.3, 0.4) is 0 Å². The smallest absolute Gasteiger partial charge is 0.132 e. The van der Waals surface area contributed by atoms with Crippen molar-refractivity contribution < 1.29 is 9.47 Å². The molecule has 2 heterocycles. The first-order chi connectivity index (χ1) is 49.6. The highest BCUT2D eigenvalue weighted by Crippen LogP contribution is 2.61. The van der Waals surface area contributed by atoms with Gasteiger partial charge in [0.2, 0.25) is 0 Å². The zero-order chi connectivity index (χ0) is 65.9. The zero-order valence-corrected chi connectivity index (χ0v) is 54.6. The van der Waals surface area contributed by atoms with E-state index in [0.717, 1.165) is 100 Å². The maximum absolute atomic E-state index is 7.27. The average molecular weight is 1270 g/mol. The van der Waals surface area contributed by atoms with Crippen LogP contribution in [0, 0.1) is 0 Å². The van der Waals surface area contributed by atoms with Crippen molar-refractivity contribution in [3.63, 3.8) is 0 Å². The van der Waals surface area contributed by atoms with Crippen molar-refractivity contribution in [2.45, 2.75) is 10.8 Å². The molecule has 2 aliphatic heterocycles. The fraction of sp³-hybridized carbons (Fsp3) is 0.0204. The number of benzene rings is 18. The Labute approximate surface area is 580 Å². The number of para-hydroxylation sites is 2. The Morgan fingerprint density at radius 3 is 0.980 bits per heavy atom. The molecule has 0 fully saturated rings. The zero-order valence-electron chi connectivity index (χ0n) is 54.6. The first-order valence-electron chi connectivity index (χ1n) is 34.6. The fourth-order valence-corrected chi connectivity index (χ4v) is 17.6. The third-order valence-electron chi connectivity index (χ3n) is 21.7. The Hall–Kier alpha value is -12.9. The van der Waals surface area contributed by atoms with E-state index in [9.17, 15) is 0 Å². The Bertz CT molecular complexity index is 6100. The Kier molecular flexibility index (Phi) is 13.1. The predicted octanol–water partition coefficient (Wildman–Crippen LogP) is 25.9. The first-order valence-corrected chi connectivity index (χ1v) is 34.6. The van der Waals surface area contributed by atoms with Gasteiger partial charge < -0.3 is 9.47 Å². The van der Waals surface area contributed by atoms with E-state index in [-0.39, 0.29) is 0 Å². The van der Waals surface area contributed by atoms with Crippen LogP contribution < -0.4 is 9.47 Å². The molecule has 0 bridgehead atoms. The monoisotopic (exact) mass is 1270 g/mol. The highest BCUT2D eigenvalue weighted by Gasteiger charge is 2.48. The van der Waals surface area contributed by atoms with E-state index < -0.39 is 10.8 Å². The van der Waals surface area contributed by atoms with Crippen molar-refractivity contribution in [3.8, 4) is 78.6 Å². The summed E-state index contributed by atoms with van der Waals surface area (Å²) >= 11 is 0. The van der Waals surface area contributed by atoms with Crippen LogP contribution in [0.25, 0.3) is 120 Å². The second-order valence-electron chi connectivity index (χ2n) is 26.7. The van der Waals surface area contributed by atoms with Crippen LogP contribution >= 0.6 is 0 Å². The number of fused-ring (bicyclic) bond motifs is 10. The highest BCUT2D eigenvalue weighted by molar-refractivity contribution is 6.29. The molecule has 0 radical (unpaired) electrons. The Morgan fingerprint density at radius 2 is 0.490 bits per heavy atom. The molecule has 2 nitrogen and oxygen atoms in total. The normalized spacial score (nSPS) is 13.3. The lowest BCUT2D eigenvalue weighted by Crippen LogP contribution is -2.34. The summed E-state index contributed by atoms with van der Waals surface area (Å²) in [7, 11) is 0. The van der Waals surface area contributed by atoms with Crippen molar-refractivity contribution in [2.24, 2.45) is 0 Å². The molecule has 0 spiro atoms. The van der Waals surface area contributed by atoms with Crippen molar-refractivity contribution in [1.29, 1.82) is 0 Å². The van der Waals surface area contributed by atoms with Gasteiger partial charge in [-0.15, -0.1) is 0 Å². The molecule has 0 aromatic heterocycles. The average Bonchev–Trinajstić information content (AvgIpc) is 0.701. The van der Waals surface area contributed by atoms with E-state index in [1.165, 1.54) is 87.6 Å². The molecule has 0 atom stereocenters. The number of hydrogen-bond acceptors (Lipinski definition) is 2. The molecule has 100 heavy (non-hydrogen) atoms. The fourth-order valence-electron chi connectivity index (χ4n) is 17.6. The lowest BCUT2D eigenvalue weighted by atomic mass is 9.62. The second-order valence-corrected chi connectivity index (χ2v) is 26.7. The molecular weight excluding hydrogens is 1210 g/mol. The third-order valence-corrected chi connectivity index (χ3v) is 21.7. The van der Waals surface area contributed by atoms with Gasteiger partial charge in [0, 0.05) is 22.3 Å². The van der Waals surface area contributed by atoms with Gasteiger partial charge in [0.1, 0.15) is 23.0 Å². The predicted molar refractivity (Wildman–Crippen MR) is 415 cm³/mol. The second kappa shape index (κ2) is 22.9. The van der Waals surface area contributed by atoms with Crippen molar-refractivity contribution >= 4 is 64.6 Å². The Morgan fingerprint density at radius 1 is 0.180 bits per heavy atom. The van der Waals surface area contributed by atoms with Crippen LogP contribution in [0.5, 0.6) is 23.0 Å². The summed E-state index contributed by atoms with van der Waals surface area (Å²) in [4.78, 5) is 0. The minimum absolute atomic E-state index is 0.735. The molecule has 0 N–H and O–H groups in total. The van der Waals surface area contributed by atoms with Crippen LogP contribution in [0.2, 0.25) is 0 Å². The molecule has 0 unspecified atom stereocenters. The van der Waals surface area contributed by atoms with E-state index in [1.807, 2.05) is 0 Å². The molecule has 2 aliphatic rings. The Balaban J connectivity index is 0.948. The lowest BCUT2D eigenvalue weighted by Gasteiger charge is -2.42. The summed E-state index contributed by atoms with van der Waals surface area (Å²) in [5, 5.41) is 14.1. The van der Waals surface area contributed by atoms with Crippen molar-refractivity contribution in [2.75, 3.05) is 0 Å². The summed E-state index contributed by atoms with van der Waals surface area (Å²) in [6.45, 7) is 0. The van der Waals surface area contributed by atoms with Gasteiger partial charge in [-0.05, 0) is 185 Å². The van der Waals surface area contributed by atoms with E-state index >= 15 is 0 Å². The van der Waals surface area contributed by atoms with Crippen molar-refractivity contribution in [3.05, 3.63) is 421 Å². The summed E-state index contributed by atoms with van der Waals surface area (Å²) in [6, 6.07) is 139. The molecule has 0 aliphatic carbocycles. The molecule has 18 aromatic carbocycles. The van der Waals surface area contributed by atoms with Gasteiger partial charge in [-0.1, -0.05) is 334 Å². The minimum Gasteiger partial charge on any atom is -0.457 e. The van der Waals surface area contributed by atoms with Crippen LogP contribution in [-0.2, 0) is 10.8 Å². The summed E-state index contributed by atoms with van der Waals surface area (Å²) < 4.78 is 14.4. The standard InChI is InChI=1S/C98H62O2/c1-5-32-66(33-6-1)97(67-34-7-2-8-35-67)87-53-17-19-55-90(87)99-92-59-58-65(60-89(92)97)72-42-23-48-78-83(72)61-86-77(82-52-27-57-93-96(82)98(68-36-9-3-10-37-68,69-38-11-4-12-39-69)88-54-18-20-56-91(88)100-93)47-26-51-81(86)94(78)95-79-49-24-45-75(73-43-21-30-63-28-13-15-40-70(63)73)84(79)62-85-76(46-25-50-80(85)95)74-44-22-31-64-29-14-16-41-71(64)74/h1-62H. The highest BCUT2D eigenvalue weighted by atomic mass is 16.5. The van der Waals surface area contributed by atoms with Crippen LogP contribution in [-0.4, -0.2) is 0 Å². The van der Waals surface area contributed by atoms with E-state index in [2.05, 4.69) is 376 Å². The maximum Gasteiger partial charge on any atom is 0.132 e. The van der Waals surface area contributed by atoms with Gasteiger partial charge in [0.05, 0.1) is 10.8 Å². The third kappa shape index (κ3) is 8.51. The largest absolute Gasteiger partial charge is 0.457 e. The minimum atomic E-state index is -0.800. The summed E-state index contributed by atoms with van der Waals surface area (Å²) in [5.74, 6) is 3.34. The van der Waals surface area contributed by atoms with E-state index in [0.29, 0.717) is 0 Å². The van der Waals surface area contributed by atoms with Crippen LogP contribution in [0.4, 0.5) is 0 Å². The van der Waals surface area contributed by atoms with E-state index in [1.54, 1.807) is 0 Å². The molecule has 0 amide bonds. The number of hydrogen-bond donors (Lipinski definition) is 0. The van der Waals surface area contributed by atoms with Crippen molar-refractivity contribution in [1.82, 2.24) is 0 Å². The summed E-state index contributed by atoms with van der Waals surface area (Å²) in [6.07, 6.45) is 0. The van der Waals surface area contributed by atoms with Crippen LogP contribution in [0.1, 0.15) is 44.5 Å². The molecule has 0 saturated heterocycles. The van der Waals surface area contributed by atoms with Gasteiger partial charge in [0.25, 0.3) is 0 Å². The molecule has 18 aromatic rings. The quantitative estimate of drug-likeness (QED) is 0.134. The number of ether oxygens (including phenoxy) is 2. The SMILES string of the molecule is c1ccc(C2(c3ccccc3)c3ccccc3Oc3ccc(-c4cccc5c(-c6c7cccc(-c8cccc9ccccc89)c7cc7c(-c8cccc9ccccc89)cccc67)c6cccc(-c7cccc8c7C(c7ccccc7)(c7ccccc7)c7ccccc7O8)c6cc45)cc32)cc1. The molecule has 20 rings (SSSR count).